The lowest BCUT2D eigenvalue weighted by Crippen LogP contribution is -2.66. The zero-order valence-electron chi connectivity index (χ0n) is 31.8. The predicted molar refractivity (Wildman–Crippen MR) is 214 cm³/mol. The van der Waals surface area contributed by atoms with Crippen LogP contribution in [0.3, 0.4) is 0 Å². The molecule has 1 fully saturated rings. The maximum absolute atomic E-state index is 11.0. The number of ether oxygens (including phenoxy) is 3. The molecule has 0 amide bonds. The van der Waals surface area contributed by atoms with Crippen LogP contribution < -0.4 is 15.1 Å². The Morgan fingerprint density at radius 2 is 1.44 bits per heavy atom. The third kappa shape index (κ3) is 11.6. The molecule has 0 spiro atoms. The van der Waals surface area contributed by atoms with Crippen LogP contribution in [0.15, 0.2) is 109 Å². The second kappa shape index (κ2) is 18.1. The second-order valence-corrected chi connectivity index (χ2v) is 26.2. The van der Waals surface area contributed by atoms with Crippen molar-refractivity contribution in [2.45, 2.75) is 121 Å². The average molecular weight is 715 g/mol. The number of hydrogen-bond acceptors (Lipinski definition) is 5. The molecule has 272 valence electrons. The molecule has 1 aliphatic heterocycles. The summed E-state index contributed by atoms with van der Waals surface area (Å²) in [5.74, 6) is 0.829. The van der Waals surface area contributed by atoms with Crippen molar-refractivity contribution in [2.24, 2.45) is 0 Å². The Morgan fingerprint density at radius 3 is 1.96 bits per heavy atom. The molecule has 1 saturated heterocycles. The van der Waals surface area contributed by atoms with E-state index in [1.807, 2.05) is 12.1 Å². The number of aliphatic hydroxyl groups excluding tert-OH is 1. The van der Waals surface area contributed by atoms with Crippen molar-refractivity contribution < 1.29 is 23.7 Å². The Morgan fingerprint density at radius 1 is 0.880 bits per heavy atom. The van der Waals surface area contributed by atoms with Crippen LogP contribution in [0.4, 0.5) is 0 Å². The summed E-state index contributed by atoms with van der Waals surface area (Å²) in [6.07, 6.45) is 3.62. The van der Waals surface area contributed by atoms with Gasteiger partial charge in [0.2, 0.25) is 0 Å². The molecule has 0 aromatic heterocycles. The maximum atomic E-state index is 11.0. The number of rotatable bonds is 18. The van der Waals surface area contributed by atoms with Crippen molar-refractivity contribution in [1.29, 1.82) is 0 Å². The Hall–Kier alpha value is -2.79. The highest BCUT2D eigenvalue weighted by Crippen LogP contribution is 2.37. The molecule has 1 aliphatic rings. The molecule has 3 aromatic rings. The maximum Gasteiger partial charge on any atom is 0.261 e. The zero-order valence-corrected chi connectivity index (χ0v) is 33.8. The fraction of sp³-hybridized carbons (Fsp3) is 0.488. The first-order chi connectivity index (χ1) is 23.7. The van der Waals surface area contributed by atoms with E-state index in [1.165, 1.54) is 15.9 Å². The first-order valence-electron chi connectivity index (χ1n) is 18.3. The van der Waals surface area contributed by atoms with Gasteiger partial charge in [-0.05, 0) is 64.8 Å². The highest BCUT2D eigenvalue weighted by atomic mass is 28.4. The standard InChI is InChI=1S/C43H62O5Si2/c1-33-27-39(29-36(44)26-34(2)32-49(7,8)9)48-40(28-33)30-38(46-31-35-20-22-37(45-6)23-21-35)24-25-47-50(43(3,4)5,41-16-12-10-13-17-41)42-18-14-11-15-19-42/h10-23,36,38-40,44H,1-2,24-32H2,3-9H3/t36-,38+,39+,40-/m0/s1. The highest BCUT2D eigenvalue weighted by molar-refractivity contribution is 6.99. The van der Waals surface area contributed by atoms with Crippen LogP contribution in [0.1, 0.15) is 64.9 Å². The Kier molecular flexibility index (Phi) is 14.5. The molecule has 0 radical (unpaired) electrons. The van der Waals surface area contributed by atoms with E-state index >= 15 is 0 Å². The highest BCUT2D eigenvalue weighted by Gasteiger charge is 2.50. The smallest absolute Gasteiger partial charge is 0.261 e. The van der Waals surface area contributed by atoms with Crippen molar-refractivity contribution >= 4 is 26.8 Å². The largest absolute Gasteiger partial charge is 0.497 e. The van der Waals surface area contributed by atoms with Crippen LogP contribution >= 0.6 is 0 Å². The Bertz CT molecular complexity index is 1440. The van der Waals surface area contributed by atoms with Gasteiger partial charge in [-0.25, -0.2) is 0 Å². The Balaban J connectivity index is 1.50. The fourth-order valence-electron chi connectivity index (χ4n) is 7.52. The quantitative estimate of drug-likeness (QED) is 0.105. The van der Waals surface area contributed by atoms with Crippen LogP contribution in [0.2, 0.25) is 30.7 Å². The minimum Gasteiger partial charge on any atom is -0.497 e. The van der Waals surface area contributed by atoms with E-state index in [4.69, 9.17) is 18.6 Å². The number of methoxy groups -OCH3 is 1. The van der Waals surface area contributed by atoms with Gasteiger partial charge in [0, 0.05) is 27.5 Å². The first-order valence-corrected chi connectivity index (χ1v) is 24.0. The summed E-state index contributed by atoms with van der Waals surface area (Å²) >= 11 is 0. The van der Waals surface area contributed by atoms with E-state index < -0.39 is 22.5 Å². The molecule has 4 atom stereocenters. The lowest BCUT2D eigenvalue weighted by atomic mass is 9.92. The number of aliphatic hydroxyl groups is 1. The van der Waals surface area contributed by atoms with E-state index in [2.05, 4.69) is 126 Å². The van der Waals surface area contributed by atoms with Gasteiger partial charge in [0.15, 0.2) is 0 Å². The molecule has 7 heteroatoms. The van der Waals surface area contributed by atoms with Crippen molar-refractivity contribution in [1.82, 2.24) is 0 Å². The molecule has 1 N–H and O–H groups in total. The van der Waals surface area contributed by atoms with Crippen LogP contribution in [-0.2, 0) is 20.5 Å². The van der Waals surface area contributed by atoms with Gasteiger partial charge in [-0.2, -0.15) is 0 Å². The van der Waals surface area contributed by atoms with Crippen molar-refractivity contribution in [3.05, 3.63) is 115 Å². The van der Waals surface area contributed by atoms with Crippen molar-refractivity contribution in [3.8, 4) is 5.75 Å². The van der Waals surface area contributed by atoms with Gasteiger partial charge in [0.05, 0.1) is 38.1 Å². The molecule has 50 heavy (non-hydrogen) atoms. The summed E-state index contributed by atoms with van der Waals surface area (Å²) in [6.45, 7) is 23.7. The monoisotopic (exact) mass is 714 g/mol. The van der Waals surface area contributed by atoms with Crippen molar-refractivity contribution in [2.75, 3.05) is 13.7 Å². The van der Waals surface area contributed by atoms with E-state index in [1.54, 1.807) is 7.11 Å². The van der Waals surface area contributed by atoms with Gasteiger partial charge < -0.3 is 23.7 Å². The summed E-state index contributed by atoms with van der Waals surface area (Å²) in [7, 11) is -2.27. The molecular weight excluding hydrogens is 653 g/mol. The normalized spacial score (nSPS) is 18.4. The topological polar surface area (TPSA) is 57.2 Å². The molecule has 4 rings (SSSR count). The molecule has 0 unspecified atom stereocenters. The average Bonchev–Trinajstić information content (AvgIpc) is 3.04. The third-order valence-electron chi connectivity index (χ3n) is 9.60. The molecule has 0 aliphatic carbocycles. The number of hydrogen-bond donors (Lipinski definition) is 1. The predicted octanol–water partition coefficient (Wildman–Crippen LogP) is 9.08. The lowest BCUT2D eigenvalue weighted by Gasteiger charge is -2.43. The first kappa shape index (κ1) is 40.0. The summed E-state index contributed by atoms with van der Waals surface area (Å²) in [4.78, 5) is 0. The van der Waals surface area contributed by atoms with Crippen molar-refractivity contribution in [3.63, 3.8) is 0 Å². The van der Waals surface area contributed by atoms with E-state index in [9.17, 15) is 5.11 Å². The van der Waals surface area contributed by atoms with Gasteiger partial charge in [0.1, 0.15) is 5.75 Å². The van der Waals surface area contributed by atoms with Gasteiger partial charge in [0.25, 0.3) is 8.32 Å². The van der Waals surface area contributed by atoms with Crippen LogP contribution in [0.25, 0.3) is 0 Å². The minimum absolute atomic E-state index is 0.0348. The van der Waals surface area contributed by atoms with E-state index in [0.29, 0.717) is 26.1 Å². The molecule has 1 heterocycles. The molecule has 3 aromatic carbocycles. The van der Waals surface area contributed by atoms with Crippen LogP contribution in [0.5, 0.6) is 5.75 Å². The third-order valence-corrected chi connectivity index (χ3v) is 16.2. The second-order valence-electron chi connectivity index (χ2n) is 16.4. The Labute approximate surface area is 304 Å². The van der Waals surface area contributed by atoms with Crippen LogP contribution in [-0.4, -0.2) is 59.6 Å². The summed E-state index contributed by atoms with van der Waals surface area (Å²) in [5.41, 5.74) is 3.42. The summed E-state index contributed by atoms with van der Waals surface area (Å²) in [5, 5.41) is 13.5. The summed E-state index contributed by atoms with van der Waals surface area (Å²) < 4.78 is 26.0. The summed E-state index contributed by atoms with van der Waals surface area (Å²) in [6, 6.07) is 30.7. The molecule has 5 nitrogen and oxygen atoms in total. The zero-order chi connectivity index (χ0) is 36.4. The lowest BCUT2D eigenvalue weighted by molar-refractivity contribution is -0.0825. The molecule has 0 bridgehead atoms. The fourth-order valence-corrected chi connectivity index (χ4v) is 13.7. The minimum atomic E-state index is -2.68. The van der Waals surface area contributed by atoms with Gasteiger partial charge in [-0.3, -0.25) is 0 Å². The van der Waals surface area contributed by atoms with Gasteiger partial charge >= 0.3 is 0 Å². The van der Waals surface area contributed by atoms with E-state index in [-0.39, 0.29) is 23.4 Å². The number of benzene rings is 3. The van der Waals surface area contributed by atoms with Crippen LogP contribution in [0, 0.1) is 0 Å². The van der Waals surface area contributed by atoms with Gasteiger partial charge in [-0.15, -0.1) is 6.58 Å². The molecular formula is C43H62O5Si2. The SMILES string of the molecule is C=C1C[C@H](C[C@@H](O)CC(=C)C[Si](C)(C)C)O[C@H](C[C@@H](CCO[Si](c2ccccc2)(c2ccccc2)C(C)(C)C)OCc2ccc(OC)cc2)C1. The van der Waals surface area contributed by atoms with E-state index in [0.717, 1.165) is 48.6 Å². The molecule has 0 saturated carbocycles. The van der Waals surface area contributed by atoms with Gasteiger partial charge in [-0.1, -0.05) is 131 Å².